The minimum Gasteiger partial charge on any atom is -0.452 e. The SMILES string of the molecule is CCC1(OC(C)=O)CN(C(c2ccccc2)c2ccccc2)C1(OC(C)=O)c1cc(F)cc(Br)c1. The molecule has 35 heavy (non-hydrogen) atoms. The van der Waals surface area contributed by atoms with E-state index in [0.29, 0.717) is 16.5 Å². The Morgan fingerprint density at radius 1 is 0.943 bits per heavy atom. The molecule has 2 unspecified atom stereocenters. The standard InChI is InChI=1S/C28H27BrFNO4/c1-4-27(34-19(2)32)18-31(26(21-11-7-5-8-12-21)22-13-9-6-10-14-22)28(27,35-20(3)33)23-15-24(29)17-25(30)16-23/h5-17,26H,4,18H2,1-3H3. The molecule has 0 aromatic heterocycles. The van der Waals surface area contributed by atoms with E-state index in [1.807, 2.05) is 72.5 Å². The normalized spacial score (nSPS) is 21.9. The predicted molar refractivity (Wildman–Crippen MR) is 134 cm³/mol. The van der Waals surface area contributed by atoms with Crippen LogP contribution in [-0.2, 0) is 24.8 Å². The van der Waals surface area contributed by atoms with Crippen LogP contribution in [0.4, 0.5) is 4.39 Å². The van der Waals surface area contributed by atoms with Gasteiger partial charge in [-0.1, -0.05) is 83.5 Å². The van der Waals surface area contributed by atoms with Crippen molar-refractivity contribution < 1.29 is 23.5 Å². The van der Waals surface area contributed by atoms with Gasteiger partial charge in [-0.2, -0.15) is 0 Å². The molecule has 3 aromatic carbocycles. The van der Waals surface area contributed by atoms with E-state index < -0.39 is 29.1 Å². The number of esters is 2. The number of nitrogens with zero attached hydrogens (tertiary/aromatic N) is 1. The van der Waals surface area contributed by atoms with Gasteiger partial charge in [0.2, 0.25) is 5.72 Å². The molecule has 1 aliphatic heterocycles. The zero-order valence-corrected chi connectivity index (χ0v) is 21.4. The third-order valence-corrected chi connectivity index (χ3v) is 6.90. The van der Waals surface area contributed by atoms with E-state index in [0.717, 1.165) is 11.1 Å². The third-order valence-electron chi connectivity index (χ3n) is 6.45. The summed E-state index contributed by atoms with van der Waals surface area (Å²) in [5.41, 5.74) is -0.498. The van der Waals surface area contributed by atoms with Crippen LogP contribution in [0.1, 0.15) is 49.9 Å². The molecular weight excluding hydrogens is 513 g/mol. The summed E-state index contributed by atoms with van der Waals surface area (Å²) in [7, 11) is 0. The van der Waals surface area contributed by atoms with Gasteiger partial charge < -0.3 is 9.47 Å². The van der Waals surface area contributed by atoms with Gasteiger partial charge in [-0.3, -0.25) is 9.59 Å². The van der Waals surface area contributed by atoms with Gasteiger partial charge in [0.1, 0.15) is 5.82 Å². The van der Waals surface area contributed by atoms with E-state index >= 15 is 0 Å². The second-order valence-corrected chi connectivity index (χ2v) is 9.60. The largest absolute Gasteiger partial charge is 0.452 e. The highest BCUT2D eigenvalue weighted by Crippen LogP contribution is 2.58. The lowest BCUT2D eigenvalue weighted by atomic mass is 9.70. The fourth-order valence-electron chi connectivity index (χ4n) is 5.16. The predicted octanol–water partition coefficient (Wildman–Crippen LogP) is 6.12. The van der Waals surface area contributed by atoms with Crippen LogP contribution in [0.2, 0.25) is 0 Å². The zero-order chi connectivity index (χ0) is 25.2. The molecule has 1 saturated heterocycles. The van der Waals surface area contributed by atoms with Gasteiger partial charge in [-0.15, -0.1) is 0 Å². The Morgan fingerprint density at radius 2 is 1.49 bits per heavy atom. The maximum absolute atomic E-state index is 14.8. The van der Waals surface area contributed by atoms with Crippen LogP contribution in [0.15, 0.2) is 83.3 Å². The van der Waals surface area contributed by atoms with Gasteiger partial charge in [-0.05, 0) is 35.7 Å². The monoisotopic (exact) mass is 539 g/mol. The molecule has 1 aliphatic rings. The minimum absolute atomic E-state index is 0.277. The Kier molecular flexibility index (Phi) is 7.10. The molecule has 7 heteroatoms. The highest BCUT2D eigenvalue weighted by atomic mass is 79.9. The number of hydrogen-bond donors (Lipinski definition) is 0. The molecule has 0 saturated carbocycles. The lowest BCUT2D eigenvalue weighted by molar-refractivity contribution is -0.343. The van der Waals surface area contributed by atoms with Crippen molar-refractivity contribution in [2.75, 3.05) is 6.54 Å². The quantitative estimate of drug-likeness (QED) is 0.338. The molecule has 0 aliphatic carbocycles. The number of likely N-dealkylation sites (tertiary alicyclic amines) is 1. The van der Waals surface area contributed by atoms with Gasteiger partial charge in [-0.25, -0.2) is 9.29 Å². The fourth-order valence-corrected chi connectivity index (χ4v) is 5.62. The summed E-state index contributed by atoms with van der Waals surface area (Å²) in [5, 5.41) is 0. The minimum atomic E-state index is -1.57. The van der Waals surface area contributed by atoms with Crippen molar-refractivity contribution in [3.8, 4) is 0 Å². The molecule has 3 aromatic rings. The van der Waals surface area contributed by atoms with Crippen LogP contribution in [-0.4, -0.2) is 29.0 Å². The van der Waals surface area contributed by atoms with Crippen LogP contribution >= 0.6 is 15.9 Å². The summed E-state index contributed by atoms with van der Waals surface area (Å²) in [6.07, 6.45) is 0.348. The van der Waals surface area contributed by atoms with Crippen molar-refractivity contribution in [1.29, 1.82) is 0 Å². The van der Waals surface area contributed by atoms with E-state index in [1.54, 1.807) is 6.07 Å². The lowest BCUT2D eigenvalue weighted by Crippen LogP contribution is -2.79. The molecule has 0 amide bonds. The topological polar surface area (TPSA) is 55.8 Å². The average molecular weight is 540 g/mol. The number of rotatable bonds is 7. The Hall–Kier alpha value is -3.03. The van der Waals surface area contributed by atoms with E-state index in [4.69, 9.17) is 9.47 Å². The van der Waals surface area contributed by atoms with Crippen LogP contribution in [0, 0.1) is 5.82 Å². The third kappa shape index (κ3) is 4.50. The zero-order valence-electron chi connectivity index (χ0n) is 19.8. The van der Waals surface area contributed by atoms with E-state index in [1.165, 1.54) is 26.0 Å². The van der Waals surface area contributed by atoms with Gasteiger partial charge in [0.05, 0.1) is 6.04 Å². The first kappa shape index (κ1) is 25.1. The van der Waals surface area contributed by atoms with Crippen molar-refractivity contribution in [1.82, 2.24) is 4.90 Å². The number of halogens is 2. The van der Waals surface area contributed by atoms with E-state index in [2.05, 4.69) is 15.9 Å². The number of carbonyl (C=O) groups excluding carboxylic acids is 2. The maximum atomic E-state index is 14.8. The number of benzene rings is 3. The summed E-state index contributed by atoms with van der Waals surface area (Å²) in [4.78, 5) is 26.9. The highest BCUT2D eigenvalue weighted by molar-refractivity contribution is 9.10. The van der Waals surface area contributed by atoms with Gasteiger partial charge in [0.15, 0.2) is 5.60 Å². The number of carbonyl (C=O) groups is 2. The highest BCUT2D eigenvalue weighted by Gasteiger charge is 2.72. The first-order valence-corrected chi connectivity index (χ1v) is 12.2. The molecule has 2 atom stereocenters. The van der Waals surface area contributed by atoms with Crippen LogP contribution in [0.5, 0.6) is 0 Å². The molecule has 0 spiro atoms. The van der Waals surface area contributed by atoms with Gasteiger partial charge >= 0.3 is 11.9 Å². The van der Waals surface area contributed by atoms with Crippen molar-refractivity contribution >= 4 is 27.9 Å². The van der Waals surface area contributed by atoms with Crippen molar-refractivity contribution in [3.05, 3.63) is 106 Å². The molecule has 4 rings (SSSR count). The molecule has 0 bridgehead atoms. The summed E-state index contributed by atoms with van der Waals surface area (Å²) in [5.74, 6) is -1.58. The lowest BCUT2D eigenvalue weighted by Gasteiger charge is -2.65. The van der Waals surface area contributed by atoms with E-state index in [-0.39, 0.29) is 12.6 Å². The Bertz CT molecular complexity index is 1160. The number of hydrogen-bond acceptors (Lipinski definition) is 5. The molecule has 5 nitrogen and oxygen atoms in total. The second kappa shape index (κ2) is 9.91. The molecule has 1 heterocycles. The molecule has 182 valence electrons. The Labute approximate surface area is 213 Å². The average Bonchev–Trinajstić information content (AvgIpc) is 2.81. The maximum Gasteiger partial charge on any atom is 0.304 e. The molecular formula is C28H27BrFNO4. The Morgan fingerprint density at radius 3 is 1.94 bits per heavy atom. The van der Waals surface area contributed by atoms with Gasteiger partial charge in [0.25, 0.3) is 0 Å². The number of ether oxygens (including phenoxy) is 2. The summed E-state index contributed by atoms with van der Waals surface area (Å²) < 4.78 is 27.3. The molecule has 0 radical (unpaired) electrons. The summed E-state index contributed by atoms with van der Waals surface area (Å²) in [6, 6.07) is 23.6. The van der Waals surface area contributed by atoms with Crippen molar-refractivity contribution in [2.45, 2.75) is 44.6 Å². The van der Waals surface area contributed by atoms with Crippen LogP contribution in [0.3, 0.4) is 0 Å². The Balaban J connectivity index is 2.02. The smallest absolute Gasteiger partial charge is 0.304 e. The summed E-state index contributed by atoms with van der Waals surface area (Å²) >= 11 is 3.38. The first-order chi connectivity index (χ1) is 16.7. The first-order valence-electron chi connectivity index (χ1n) is 11.4. The van der Waals surface area contributed by atoms with Crippen molar-refractivity contribution in [3.63, 3.8) is 0 Å². The second-order valence-electron chi connectivity index (χ2n) is 8.69. The van der Waals surface area contributed by atoms with Gasteiger partial charge in [0, 0.05) is 30.4 Å². The molecule has 1 fully saturated rings. The van der Waals surface area contributed by atoms with Crippen LogP contribution in [0.25, 0.3) is 0 Å². The van der Waals surface area contributed by atoms with E-state index in [9.17, 15) is 14.0 Å². The summed E-state index contributed by atoms with van der Waals surface area (Å²) in [6.45, 7) is 4.78. The van der Waals surface area contributed by atoms with Crippen molar-refractivity contribution in [2.24, 2.45) is 0 Å². The molecule has 0 N–H and O–H groups in total. The fraction of sp³-hybridized carbons (Fsp3) is 0.286. The van der Waals surface area contributed by atoms with Crippen LogP contribution < -0.4 is 0 Å².